The van der Waals surface area contributed by atoms with Crippen molar-refractivity contribution in [2.45, 2.75) is 183 Å². The summed E-state index contributed by atoms with van der Waals surface area (Å²) in [6.45, 7) is 3.92. The van der Waals surface area contributed by atoms with Crippen molar-refractivity contribution in [2.75, 3.05) is 40.4 Å². The van der Waals surface area contributed by atoms with E-state index < -0.39 is 95.9 Å². The van der Waals surface area contributed by atoms with Gasteiger partial charge in [0.2, 0.25) is 47.3 Å². The number of carbonyl (C=O) groups is 9. The number of halogens is 3. The lowest BCUT2D eigenvalue weighted by molar-refractivity contribution is -0.192. The van der Waals surface area contributed by atoms with E-state index in [4.69, 9.17) is 9.90 Å². The second kappa shape index (κ2) is 33.0. The minimum Gasteiger partial charge on any atom is -0.475 e. The van der Waals surface area contributed by atoms with Gasteiger partial charge in [-0.05, 0) is 102 Å². The molecule has 0 unspecified atom stereocenters. The number of benzene rings is 2. The summed E-state index contributed by atoms with van der Waals surface area (Å²) >= 11 is 0. The quantitative estimate of drug-likeness (QED) is 0.0573. The molecule has 0 radical (unpaired) electrons. The smallest absolute Gasteiger partial charge is 0.475 e. The van der Waals surface area contributed by atoms with Crippen molar-refractivity contribution < 1.29 is 71.6 Å². The number of alkyl halides is 3. The van der Waals surface area contributed by atoms with Crippen LogP contribution in [0.25, 0.3) is 0 Å². The standard InChI is InChI=1S/C56H84N10O10.C2HF3O2/c1-5-41(57-3)49(69)63-47-37(33-67)23-25-39-27-29-43(65(39)55(47)75)51(71)61-45(35-19-13-11-14-20-35)53(73)59-31-17-9-7-8-10-18-32-60-54(74)46(36-21-15-12-16-22-36)62-52(72)44-30-28-40-26-24-38(34-68)48(56(76)66(40)44)64-50(70)42(6-2)58-4;3-2(4,5)1(6)7/h11-16,19-22,37-48,57-58,67-68H,5-10,17-18,23-34H2,1-4H3,(H,59,73)(H,60,74)(H,61,71)(H,62,72)(H,63,69)(H,64,70);(H,6,7)/t37-,38-,39+,40+,41+,42+,43+,44+,45+,46+,47+,48+;/m1./s1. The fraction of sp³-hybridized carbons (Fsp3) is 0.638. The topological polar surface area (TPSA) is 317 Å². The molecule has 0 spiro atoms. The van der Waals surface area contributed by atoms with Gasteiger partial charge in [0.25, 0.3) is 0 Å². The van der Waals surface area contributed by atoms with Crippen LogP contribution in [0.5, 0.6) is 0 Å². The highest BCUT2D eigenvalue weighted by atomic mass is 19.4. The fourth-order valence-electron chi connectivity index (χ4n) is 11.6. The summed E-state index contributed by atoms with van der Waals surface area (Å²) in [4.78, 5) is 122. The first-order chi connectivity index (χ1) is 39.7. The van der Waals surface area contributed by atoms with Crippen LogP contribution in [0.4, 0.5) is 13.2 Å². The van der Waals surface area contributed by atoms with Crippen molar-refractivity contribution in [3.63, 3.8) is 0 Å². The molecule has 2 aromatic carbocycles. The van der Waals surface area contributed by atoms with Crippen molar-refractivity contribution in [1.29, 1.82) is 0 Å². The number of carboxylic acids is 1. The summed E-state index contributed by atoms with van der Waals surface area (Å²) in [5.74, 6) is -6.89. The van der Waals surface area contributed by atoms with Crippen LogP contribution in [0.1, 0.15) is 140 Å². The van der Waals surface area contributed by atoms with E-state index in [1.807, 2.05) is 26.0 Å². The van der Waals surface area contributed by atoms with Gasteiger partial charge in [0.1, 0.15) is 36.3 Å². The Kier molecular flexibility index (Phi) is 26.6. The number of hydrogen-bond donors (Lipinski definition) is 11. The lowest BCUT2D eigenvalue weighted by atomic mass is 9.93. The predicted molar refractivity (Wildman–Crippen MR) is 299 cm³/mol. The lowest BCUT2D eigenvalue weighted by Gasteiger charge is -2.33. The first kappa shape index (κ1) is 67.1. The zero-order valence-electron chi connectivity index (χ0n) is 47.9. The van der Waals surface area contributed by atoms with Gasteiger partial charge in [-0.3, -0.25) is 38.4 Å². The van der Waals surface area contributed by atoms with Gasteiger partial charge < -0.3 is 67.7 Å². The SMILES string of the molecule is CC[C@H](NC)C(=O)N[C@@H]1C(=O)N2[C@@H](CC[C@@H]1CO)CC[C@H]2C(=O)N[C@H](C(=O)NCCCCCCCCNC(=O)[C@@H](NC(=O)[C@@H]1CC[C@@H]2CC[C@H](CO)[C@H](NC(=O)[C@H](CC)NC)C(=O)N21)c1ccccc1)c1ccccc1.O=C(O)C(F)(F)F. The molecular formula is C58H85F3N10O12. The second-order valence-corrected chi connectivity index (χ2v) is 21.7. The number of rotatable bonds is 27. The number of likely N-dealkylation sites (N-methyl/N-ethyl adjacent to an activating group) is 2. The van der Waals surface area contributed by atoms with E-state index in [0.717, 1.165) is 25.7 Å². The average Bonchev–Trinajstić information content (AvgIpc) is 3.23. The minimum absolute atomic E-state index is 0.233. The summed E-state index contributed by atoms with van der Waals surface area (Å²) < 4.78 is 31.7. The Hall–Kier alpha value is -6.70. The molecule has 0 aromatic heterocycles. The zero-order chi connectivity index (χ0) is 60.8. The molecule has 460 valence electrons. The van der Waals surface area contributed by atoms with Crippen LogP contribution in [0, 0.1) is 11.8 Å². The minimum atomic E-state index is -5.08. The first-order valence-electron chi connectivity index (χ1n) is 29.1. The molecule has 11 N–H and O–H groups in total. The van der Waals surface area contributed by atoms with Gasteiger partial charge in [0.15, 0.2) is 0 Å². The van der Waals surface area contributed by atoms with Gasteiger partial charge in [-0.2, -0.15) is 13.2 Å². The number of hydrogen-bond acceptors (Lipinski definition) is 13. The third kappa shape index (κ3) is 18.4. The Morgan fingerprint density at radius 3 is 1.19 bits per heavy atom. The van der Waals surface area contributed by atoms with Crippen LogP contribution in [0.15, 0.2) is 60.7 Å². The summed E-state index contributed by atoms with van der Waals surface area (Å²) in [6, 6.07) is 10.7. The molecule has 4 saturated heterocycles. The third-order valence-corrected chi connectivity index (χ3v) is 16.4. The summed E-state index contributed by atoms with van der Waals surface area (Å²) in [5.41, 5.74) is 1.19. The molecule has 4 aliphatic rings. The third-order valence-electron chi connectivity index (χ3n) is 16.4. The van der Waals surface area contributed by atoms with E-state index in [2.05, 4.69) is 42.5 Å². The number of amides is 8. The van der Waals surface area contributed by atoms with E-state index >= 15 is 0 Å². The number of aliphatic hydroxyl groups is 2. The van der Waals surface area contributed by atoms with Gasteiger partial charge in [0, 0.05) is 50.2 Å². The van der Waals surface area contributed by atoms with Crippen LogP contribution in [0.2, 0.25) is 0 Å². The molecule has 25 heteroatoms. The normalized spacial score (nSPS) is 23.7. The highest BCUT2D eigenvalue weighted by Gasteiger charge is 2.50. The second-order valence-electron chi connectivity index (χ2n) is 21.7. The van der Waals surface area contributed by atoms with Gasteiger partial charge in [-0.1, -0.05) is 100 Å². The largest absolute Gasteiger partial charge is 0.490 e. The Labute approximate surface area is 483 Å². The number of aliphatic hydroxyl groups excluding tert-OH is 2. The average molecular weight is 1170 g/mol. The molecule has 12 atom stereocenters. The number of unbranched alkanes of at least 4 members (excludes halogenated alkanes) is 5. The van der Waals surface area contributed by atoms with Crippen LogP contribution >= 0.6 is 0 Å². The van der Waals surface area contributed by atoms with Gasteiger partial charge in [-0.15, -0.1) is 0 Å². The molecule has 8 amide bonds. The number of nitrogens with zero attached hydrogens (tertiary/aromatic N) is 2. The number of carboxylic acid groups (broad SMARTS) is 1. The lowest BCUT2D eigenvalue weighted by Crippen LogP contribution is -2.59. The molecule has 0 aliphatic carbocycles. The Morgan fingerprint density at radius 2 is 0.880 bits per heavy atom. The molecule has 4 heterocycles. The molecule has 6 rings (SSSR count). The van der Waals surface area contributed by atoms with Crippen molar-refractivity contribution >= 4 is 53.2 Å². The van der Waals surface area contributed by atoms with E-state index in [1.54, 1.807) is 72.4 Å². The van der Waals surface area contributed by atoms with Crippen molar-refractivity contribution in [3.05, 3.63) is 71.8 Å². The maximum Gasteiger partial charge on any atom is 0.490 e. The summed E-state index contributed by atoms with van der Waals surface area (Å²) in [7, 11) is 3.34. The number of carbonyl (C=O) groups excluding carboxylic acids is 8. The molecule has 0 saturated carbocycles. The highest BCUT2D eigenvalue weighted by molar-refractivity contribution is 5.97. The molecule has 4 fully saturated rings. The Balaban J connectivity index is 0.00000169. The predicted octanol–water partition coefficient (Wildman–Crippen LogP) is 2.40. The molecule has 83 heavy (non-hydrogen) atoms. The zero-order valence-corrected chi connectivity index (χ0v) is 47.9. The Bertz CT molecular complexity index is 2320. The first-order valence-corrected chi connectivity index (χ1v) is 29.1. The monoisotopic (exact) mass is 1170 g/mol. The molecular weight excluding hydrogens is 1090 g/mol. The maximum atomic E-state index is 14.2. The van der Waals surface area contributed by atoms with E-state index in [9.17, 15) is 61.7 Å². The Morgan fingerprint density at radius 1 is 0.542 bits per heavy atom. The van der Waals surface area contributed by atoms with Gasteiger partial charge >= 0.3 is 12.1 Å². The molecule has 0 bridgehead atoms. The number of nitrogens with one attached hydrogen (secondary N) is 8. The van der Waals surface area contributed by atoms with Crippen LogP contribution in [-0.4, -0.2) is 173 Å². The molecule has 2 aromatic rings. The van der Waals surface area contributed by atoms with Crippen LogP contribution < -0.4 is 42.5 Å². The number of aliphatic carboxylic acids is 1. The van der Waals surface area contributed by atoms with Crippen LogP contribution in [0.3, 0.4) is 0 Å². The van der Waals surface area contributed by atoms with E-state index in [-0.39, 0.29) is 48.9 Å². The fourth-order valence-corrected chi connectivity index (χ4v) is 11.6. The van der Waals surface area contributed by atoms with E-state index in [1.165, 1.54) is 0 Å². The van der Waals surface area contributed by atoms with E-state index in [0.29, 0.717) is 101 Å². The highest BCUT2D eigenvalue weighted by Crippen LogP contribution is 2.36. The van der Waals surface area contributed by atoms with Crippen molar-refractivity contribution in [1.82, 2.24) is 52.3 Å². The van der Waals surface area contributed by atoms with Crippen LogP contribution in [-0.2, 0) is 43.2 Å². The summed E-state index contributed by atoms with van der Waals surface area (Å²) in [5, 5.41) is 51.2. The van der Waals surface area contributed by atoms with Crippen molar-refractivity contribution in [2.24, 2.45) is 11.8 Å². The summed E-state index contributed by atoms with van der Waals surface area (Å²) in [6.07, 6.45) is 4.94. The molecule has 4 aliphatic heterocycles. The van der Waals surface area contributed by atoms with Gasteiger partial charge in [-0.25, -0.2) is 4.79 Å². The molecule has 22 nitrogen and oxygen atoms in total. The van der Waals surface area contributed by atoms with Crippen molar-refractivity contribution in [3.8, 4) is 0 Å². The number of fused-ring (bicyclic) bond motifs is 2. The maximum absolute atomic E-state index is 14.2. The van der Waals surface area contributed by atoms with Gasteiger partial charge in [0.05, 0.1) is 12.1 Å².